The number of para-hydroxylation sites is 1. The number of furan rings is 1. The molecule has 124 valence electrons. The highest BCUT2D eigenvalue weighted by Gasteiger charge is 2.29. The second-order valence-corrected chi connectivity index (χ2v) is 6.58. The van der Waals surface area contributed by atoms with Crippen LogP contribution in [0.5, 0.6) is 0 Å². The molecule has 1 aliphatic heterocycles. The molecule has 0 saturated carbocycles. The van der Waals surface area contributed by atoms with Crippen LogP contribution in [-0.2, 0) is 4.79 Å². The van der Waals surface area contributed by atoms with E-state index >= 15 is 0 Å². The molecule has 0 fully saturated rings. The van der Waals surface area contributed by atoms with E-state index in [0.717, 1.165) is 16.8 Å². The van der Waals surface area contributed by atoms with Crippen LogP contribution in [0.25, 0.3) is 23.0 Å². The van der Waals surface area contributed by atoms with Crippen molar-refractivity contribution in [2.24, 2.45) is 0 Å². The molecule has 1 amide bonds. The molecule has 2 aromatic carbocycles. The number of anilines is 1. The van der Waals surface area contributed by atoms with Crippen molar-refractivity contribution in [3.63, 3.8) is 0 Å². The third kappa shape index (κ3) is 2.76. The van der Waals surface area contributed by atoms with Gasteiger partial charge in [0.05, 0.1) is 21.3 Å². The molecule has 0 radical (unpaired) electrons. The number of amides is 1. The number of halogens is 2. The summed E-state index contributed by atoms with van der Waals surface area (Å²) >= 11 is 12.0. The van der Waals surface area contributed by atoms with Crippen molar-refractivity contribution in [2.45, 2.75) is 0 Å². The van der Waals surface area contributed by atoms with Gasteiger partial charge in [-0.15, -0.1) is 0 Å². The van der Waals surface area contributed by atoms with E-state index < -0.39 is 0 Å². The molecule has 25 heavy (non-hydrogen) atoms. The zero-order chi connectivity index (χ0) is 17.6. The summed E-state index contributed by atoms with van der Waals surface area (Å²) in [6.45, 7) is 0. The first-order valence-electron chi connectivity index (χ1n) is 7.69. The quantitative estimate of drug-likeness (QED) is 0.537. The minimum atomic E-state index is -0.0475. The van der Waals surface area contributed by atoms with Crippen molar-refractivity contribution < 1.29 is 9.21 Å². The van der Waals surface area contributed by atoms with Gasteiger partial charge in [-0.1, -0.05) is 41.4 Å². The zero-order valence-electron chi connectivity index (χ0n) is 13.3. The van der Waals surface area contributed by atoms with Gasteiger partial charge < -0.3 is 9.32 Å². The second-order valence-electron chi connectivity index (χ2n) is 5.77. The number of nitrogens with zero attached hydrogens (tertiary/aromatic N) is 1. The normalized spacial score (nSPS) is 15.1. The lowest BCUT2D eigenvalue weighted by atomic mass is 10.1. The van der Waals surface area contributed by atoms with Crippen LogP contribution < -0.4 is 4.90 Å². The fourth-order valence-corrected chi connectivity index (χ4v) is 3.21. The van der Waals surface area contributed by atoms with Crippen LogP contribution in [0.1, 0.15) is 11.3 Å². The van der Waals surface area contributed by atoms with Crippen LogP contribution in [0, 0.1) is 0 Å². The average molecular weight is 370 g/mol. The lowest BCUT2D eigenvalue weighted by Crippen LogP contribution is -2.20. The highest BCUT2D eigenvalue weighted by molar-refractivity contribution is 6.42. The monoisotopic (exact) mass is 369 g/mol. The highest BCUT2D eigenvalue weighted by Crippen LogP contribution is 2.37. The average Bonchev–Trinajstić information content (AvgIpc) is 3.17. The van der Waals surface area contributed by atoms with E-state index in [1.165, 1.54) is 0 Å². The standard InChI is InChI=1S/C20H13Cl2NO2/c1-23-18-5-3-2-4-14(18)15(20(23)24)11-13-7-9-19(25-13)12-6-8-16(21)17(22)10-12/h2-11H,1H3/b15-11-. The van der Waals surface area contributed by atoms with Gasteiger partial charge in [0.15, 0.2) is 0 Å². The van der Waals surface area contributed by atoms with Gasteiger partial charge >= 0.3 is 0 Å². The number of hydrogen-bond donors (Lipinski definition) is 0. The summed E-state index contributed by atoms with van der Waals surface area (Å²) in [5.41, 5.74) is 3.25. The maximum absolute atomic E-state index is 12.5. The van der Waals surface area contributed by atoms with Gasteiger partial charge in [0, 0.05) is 18.2 Å². The molecular formula is C20H13Cl2NO2. The van der Waals surface area contributed by atoms with E-state index in [1.54, 1.807) is 30.2 Å². The van der Waals surface area contributed by atoms with Gasteiger partial charge in [0.25, 0.3) is 5.91 Å². The molecule has 4 rings (SSSR count). The second kappa shape index (κ2) is 6.10. The van der Waals surface area contributed by atoms with Gasteiger partial charge in [-0.3, -0.25) is 4.79 Å². The van der Waals surface area contributed by atoms with Crippen molar-refractivity contribution in [1.82, 2.24) is 0 Å². The van der Waals surface area contributed by atoms with Gasteiger partial charge in [-0.2, -0.15) is 0 Å². The number of benzene rings is 2. The van der Waals surface area contributed by atoms with Crippen LogP contribution in [0.4, 0.5) is 5.69 Å². The summed E-state index contributed by atoms with van der Waals surface area (Å²) in [6, 6.07) is 16.7. The number of fused-ring (bicyclic) bond motifs is 1. The van der Waals surface area contributed by atoms with Crippen LogP contribution in [0.3, 0.4) is 0 Å². The molecule has 0 saturated heterocycles. The SMILES string of the molecule is CN1C(=O)/C(=C\c2ccc(-c3ccc(Cl)c(Cl)c3)o2)c2ccccc21. The molecule has 0 unspecified atom stereocenters. The summed E-state index contributed by atoms with van der Waals surface area (Å²) in [7, 11) is 1.77. The Kier molecular flexibility index (Phi) is 3.91. The number of rotatable bonds is 2. The Morgan fingerprint density at radius 2 is 1.80 bits per heavy atom. The molecule has 5 heteroatoms. The van der Waals surface area contributed by atoms with Gasteiger partial charge in [-0.25, -0.2) is 0 Å². The lowest BCUT2D eigenvalue weighted by Gasteiger charge is -2.07. The van der Waals surface area contributed by atoms with E-state index in [2.05, 4.69) is 0 Å². The van der Waals surface area contributed by atoms with E-state index in [4.69, 9.17) is 27.6 Å². The fraction of sp³-hybridized carbons (Fsp3) is 0.0500. The summed E-state index contributed by atoms with van der Waals surface area (Å²) < 4.78 is 5.88. The van der Waals surface area contributed by atoms with Crippen LogP contribution in [0.2, 0.25) is 10.0 Å². The Morgan fingerprint density at radius 3 is 2.60 bits per heavy atom. The van der Waals surface area contributed by atoms with Crippen LogP contribution in [-0.4, -0.2) is 13.0 Å². The predicted molar refractivity (Wildman–Crippen MR) is 102 cm³/mol. The summed E-state index contributed by atoms with van der Waals surface area (Å²) in [5.74, 6) is 1.22. The maximum Gasteiger partial charge on any atom is 0.258 e. The molecule has 0 spiro atoms. The highest BCUT2D eigenvalue weighted by atomic mass is 35.5. The summed E-state index contributed by atoms with van der Waals surface area (Å²) in [6.07, 6.45) is 1.77. The molecule has 0 aliphatic carbocycles. The van der Waals surface area contributed by atoms with E-state index in [-0.39, 0.29) is 5.91 Å². The van der Waals surface area contributed by atoms with Crippen molar-refractivity contribution in [3.8, 4) is 11.3 Å². The van der Waals surface area contributed by atoms with Crippen molar-refractivity contribution in [1.29, 1.82) is 0 Å². The molecule has 0 atom stereocenters. The van der Waals surface area contributed by atoms with Crippen molar-refractivity contribution in [2.75, 3.05) is 11.9 Å². The topological polar surface area (TPSA) is 33.5 Å². The van der Waals surface area contributed by atoms with E-state index in [0.29, 0.717) is 27.1 Å². The number of likely N-dealkylation sites (N-methyl/N-ethyl adjacent to an activating group) is 1. The summed E-state index contributed by atoms with van der Waals surface area (Å²) in [5, 5.41) is 0.965. The van der Waals surface area contributed by atoms with Crippen LogP contribution in [0.15, 0.2) is 59.0 Å². The Hall–Kier alpha value is -2.49. The van der Waals surface area contributed by atoms with Gasteiger partial charge in [0.1, 0.15) is 11.5 Å². The third-order valence-corrected chi connectivity index (χ3v) is 4.95. The molecule has 3 nitrogen and oxygen atoms in total. The molecule has 0 N–H and O–H groups in total. The smallest absolute Gasteiger partial charge is 0.258 e. The van der Waals surface area contributed by atoms with Crippen molar-refractivity contribution in [3.05, 3.63) is 76.0 Å². The molecule has 3 aromatic rings. The Labute approximate surface area is 155 Å². The van der Waals surface area contributed by atoms with E-state index in [9.17, 15) is 4.79 Å². The Morgan fingerprint density at radius 1 is 1.00 bits per heavy atom. The first kappa shape index (κ1) is 16.0. The first-order valence-corrected chi connectivity index (χ1v) is 8.44. The largest absolute Gasteiger partial charge is 0.457 e. The van der Waals surface area contributed by atoms with Crippen molar-refractivity contribution >= 4 is 46.4 Å². The maximum atomic E-state index is 12.5. The predicted octanol–water partition coefficient (Wildman–Crippen LogP) is 5.77. The van der Waals surface area contributed by atoms with Gasteiger partial charge in [0.2, 0.25) is 0 Å². The molecular weight excluding hydrogens is 357 g/mol. The fourth-order valence-electron chi connectivity index (χ4n) is 2.92. The molecule has 2 heterocycles. The minimum Gasteiger partial charge on any atom is -0.457 e. The molecule has 0 bridgehead atoms. The Balaban J connectivity index is 1.73. The first-order chi connectivity index (χ1) is 12.0. The number of hydrogen-bond acceptors (Lipinski definition) is 2. The van der Waals surface area contributed by atoms with E-state index in [1.807, 2.05) is 42.5 Å². The number of carbonyl (C=O) groups excluding carboxylic acids is 1. The summed E-state index contributed by atoms with van der Waals surface area (Å²) in [4.78, 5) is 14.2. The van der Waals surface area contributed by atoms with Gasteiger partial charge in [-0.05, 0) is 42.5 Å². The lowest BCUT2D eigenvalue weighted by molar-refractivity contribution is -0.112. The molecule has 1 aliphatic rings. The Bertz CT molecular complexity index is 1020. The third-order valence-electron chi connectivity index (χ3n) is 4.21. The zero-order valence-corrected chi connectivity index (χ0v) is 14.8. The molecule has 1 aromatic heterocycles. The van der Waals surface area contributed by atoms with Crippen LogP contribution >= 0.6 is 23.2 Å². The minimum absolute atomic E-state index is 0.0475. The number of carbonyl (C=O) groups is 1.